The van der Waals surface area contributed by atoms with Crippen molar-refractivity contribution in [3.63, 3.8) is 0 Å². The summed E-state index contributed by atoms with van der Waals surface area (Å²) in [5, 5.41) is 6.78. The third kappa shape index (κ3) is 3.61. The van der Waals surface area contributed by atoms with Gasteiger partial charge in [0.25, 0.3) is 0 Å². The molecule has 0 spiro atoms. The number of aromatic nitrogens is 2. The molecule has 0 fully saturated rings. The lowest BCUT2D eigenvalue weighted by Gasteiger charge is -2.03. The predicted octanol–water partition coefficient (Wildman–Crippen LogP) is 2.57. The maximum Gasteiger partial charge on any atom is 0.240 e. The van der Waals surface area contributed by atoms with Crippen LogP contribution >= 0.6 is 15.9 Å². The zero-order chi connectivity index (χ0) is 12.3. The van der Waals surface area contributed by atoms with Crippen molar-refractivity contribution in [2.75, 3.05) is 0 Å². The molecule has 0 radical (unpaired) electrons. The van der Waals surface area contributed by atoms with Crippen molar-refractivity contribution in [3.05, 3.63) is 45.8 Å². The van der Waals surface area contributed by atoms with Crippen LogP contribution in [0.2, 0.25) is 0 Å². The first-order chi connectivity index (χ1) is 8.13. The largest absolute Gasteiger partial charge is 0.338 e. The summed E-state index contributed by atoms with van der Waals surface area (Å²) in [6.07, 6.45) is 0. The Balaban J connectivity index is 1.89. The number of rotatable bonds is 4. The molecule has 90 valence electrons. The summed E-state index contributed by atoms with van der Waals surface area (Å²) in [5.74, 6) is 0.873. The smallest absolute Gasteiger partial charge is 0.240 e. The topological polar surface area (TPSA) is 51.0 Å². The first-order valence-electron chi connectivity index (χ1n) is 5.08. The molecular weight excluding hydrogens is 289 g/mol. The minimum Gasteiger partial charge on any atom is -0.338 e. The molecule has 6 heteroatoms. The summed E-state index contributed by atoms with van der Waals surface area (Å²) < 4.78 is 18.8. The minimum absolute atomic E-state index is 0.259. The molecule has 1 aromatic heterocycles. The summed E-state index contributed by atoms with van der Waals surface area (Å²) in [6, 6.07) is 4.76. The van der Waals surface area contributed by atoms with Crippen molar-refractivity contribution < 1.29 is 8.91 Å². The van der Waals surface area contributed by atoms with E-state index in [1.54, 1.807) is 6.92 Å². The first-order valence-corrected chi connectivity index (χ1v) is 5.87. The van der Waals surface area contributed by atoms with E-state index in [1.807, 2.05) is 6.07 Å². The number of hydrogen-bond donors (Lipinski definition) is 1. The van der Waals surface area contributed by atoms with Crippen LogP contribution < -0.4 is 5.32 Å². The van der Waals surface area contributed by atoms with Crippen LogP contribution in [0.3, 0.4) is 0 Å². The highest BCUT2D eigenvalue weighted by molar-refractivity contribution is 9.10. The second kappa shape index (κ2) is 5.37. The molecule has 2 rings (SSSR count). The second-order valence-electron chi connectivity index (χ2n) is 3.62. The van der Waals surface area contributed by atoms with E-state index >= 15 is 0 Å². The predicted molar refractivity (Wildman–Crippen MR) is 63.7 cm³/mol. The highest BCUT2D eigenvalue weighted by Gasteiger charge is 2.03. The third-order valence-electron chi connectivity index (χ3n) is 2.10. The Bertz CT molecular complexity index is 495. The normalized spacial score (nSPS) is 10.8. The number of halogens is 2. The van der Waals surface area contributed by atoms with Gasteiger partial charge in [0.2, 0.25) is 5.89 Å². The third-order valence-corrected chi connectivity index (χ3v) is 2.56. The summed E-state index contributed by atoms with van der Waals surface area (Å²) in [7, 11) is 0. The number of aryl methyl sites for hydroxylation is 1. The molecule has 0 bridgehead atoms. The van der Waals surface area contributed by atoms with Gasteiger partial charge in [0, 0.05) is 11.0 Å². The van der Waals surface area contributed by atoms with E-state index in [-0.39, 0.29) is 5.82 Å². The van der Waals surface area contributed by atoms with Crippen LogP contribution in [-0.2, 0) is 13.1 Å². The van der Waals surface area contributed by atoms with Crippen LogP contribution in [0.5, 0.6) is 0 Å². The SMILES string of the molecule is Cc1noc(CNCc2cc(F)cc(Br)c2)n1. The van der Waals surface area contributed by atoms with Gasteiger partial charge in [0.05, 0.1) is 6.54 Å². The van der Waals surface area contributed by atoms with Gasteiger partial charge in [-0.2, -0.15) is 4.98 Å². The standard InChI is InChI=1S/C11H11BrFN3O/c1-7-15-11(17-16-7)6-14-5-8-2-9(12)4-10(13)3-8/h2-4,14H,5-6H2,1H3. The van der Waals surface area contributed by atoms with Crippen molar-refractivity contribution in [3.8, 4) is 0 Å². The molecule has 0 aliphatic carbocycles. The zero-order valence-electron chi connectivity index (χ0n) is 9.20. The fourth-order valence-electron chi connectivity index (χ4n) is 1.44. The van der Waals surface area contributed by atoms with Crippen LogP contribution in [0.15, 0.2) is 27.2 Å². The minimum atomic E-state index is -0.259. The summed E-state index contributed by atoms with van der Waals surface area (Å²) in [5.41, 5.74) is 0.855. The zero-order valence-corrected chi connectivity index (χ0v) is 10.8. The molecule has 0 saturated carbocycles. The van der Waals surface area contributed by atoms with Crippen molar-refractivity contribution in [1.29, 1.82) is 0 Å². The molecule has 17 heavy (non-hydrogen) atoms. The Morgan fingerprint density at radius 3 is 2.82 bits per heavy atom. The van der Waals surface area contributed by atoms with Crippen molar-refractivity contribution in [1.82, 2.24) is 15.5 Å². The van der Waals surface area contributed by atoms with Gasteiger partial charge in [0.1, 0.15) is 5.82 Å². The van der Waals surface area contributed by atoms with Crippen molar-refractivity contribution in [2.45, 2.75) is 20.0 Å². The number of benzene rings is 1. The van der Waals surface area contributed by atoms with Gasteiger partial charge in [-0.1, -0.05) is 21.1 Å². The molecule has 0 atom stereocenters. The molecule has 1 aromatic carbocycles. The van der Waals surface area contributed by atoms with Crippen molar-refractivity contribution in [2.24, 2.45) is 0 Å². The van der Waals surface area contributed by atoms with E-state index in [2.05, 4.69) is 31.4 Å². The fraction of sp³-hybridized carbons (Fsp3) is 0.273. The Hall–Kier alpha value is -1.27. The maximum atomic E-state index is 13.1. The Morgan fingerprint density at radius 2 is 2.18 bits per heavy atom. The van der Waals surface area contributed by atoms with Gasteiger partial charge >= 0.3 is 0 Å². The van der Waals surface area contributed by atoms with Gasteiger partial charge in [-0.15, -0.1) is 0 Å². The van der Waals surface area contributed by atoms with Crippen LogP contribution in [0, 0.1) is 12.7 Å². The molecule has 0 saturated heterocycles. The summed E-state index contributed by atoms with van der Waals surface area (Å²) in [4.78, 5) is 4.05. The Kier molecular flexibility index (Phi) is 3.86. The molecule has 1 N–H and O–H groups in total. The Morgan fingerprint density at radius 1 is 1.35 bits per heavy atom. The molecule has 0 unspecified atom stereocenters. The first kappa shape index (κ1) is 12.2. The molecule has 1 heterocycles. The maximum absolute atomic E-state index is 13.1. The highest BCUT2D eigenvalue weighted by Crippen LogP contribution is 2.14. The van der Waals surface area contributed by atoms with Gasteiger partial charge in [-0.05, 0) is 30.7 Å². The van der Waals surface area contributed by atoms with E-state index in [1.165, 1.54) is 12.1 Å². The van der Waals surface area contributed by atoms with E-state index in [0.29, 0.717) is 24.8 Å². The molecule has 0 aliphatic rings. The number of hydrogen-bond acceptors (Lipinski definition) is 4. The Labute approximate surface area is 106 Å². The molecule has 0 aliphatic heterocycles. The fourth-order valence-corrected chi connectivity index (χ4v) is 1.95. The average Bonchev–Trinajstić information content (AvgIpc) is 2.63. The van der Waals surface area contributed by atoms with Crippen LogP contribution in [-0.4, -0.2) is 10.1 Å². The van der Waals surface area contributed by atoms with E-state index in [9.17, 15) is 4.39 Å². The molecular formula is C11H11BrFN3O. The molecule has 4 nitrogen and oxygen atoms in total. The van der Waals surface area contributed by atoms with Gasteiger partial charge in [-0.3, -0.25) is 0 Å². The van der Waals surface area contributed by atoms with Gasteiger partial charge in [-0.25, -0.2) is 4.39 Å². The van der Waals surface area contributed by atoms with E-state index in [4.69, 9.17) is 4.52 Å². The second-order valence-corrected chi connectivity index (χ2v) is 4.53. The van der Waals surface area contributed by atoms with Crippen LogP contribution in [0.4, 0.5) is 4.39 Å². The monoisotopic (exact) mass is 299 g/mol. The number of nitrogens with one attached hydrogen (secondary N) is 1. The van der Waals surface area contributed by atoms with Gasteiger partial charge in [0.15, 0.2) is 5.82 Å². The quantitative estimate of drug-likeness (QED) is 0.943. The van der Waals surface area contributed by atoms with Crippen LogP contribution in [0.1, 0.15) is 17.3 Å². The van der Waals surface area contributed by atoms with E-state index < -0.39 is 0 Å². The van der Waals surface area contributed by atoms with Gasteiger partial charge < -0.3 is 9.84 Å². The lowest BCUT2D eigenvalue weighted by atomic mass is 10.2. The summed E-state index contributed by atoms with van der Waals surface area (Å²) >= 11 is 3.24. The lowest BCUT2D eigenvalue weighted by Crippen LogP contribution is -2.13. The van der Waals surface area contributed by atoms with Crippen LogP contribution in [0.25, 0.3) is 0 Å². The summed E-state index contributed by atoms with van der Waals surface area (Å²) in [6.45, 7) is 2.77. The van der Waals surface area contributed by atoms with Crippen molar-refractivity contribution >= 4 is 15.9 Å². The lowest BCUT2D eigenvalue weighted by molar-refractivity contribution is 0.364. The highest BCUT2D eigenvalue weighted by atomic mass is 79.9. The average molecular weight is 300 g/mol. The molecule has 2 aromatic rings. The molecule has 0 amide bonds. The van der Waals surface area contributed by atoms with E-state index in [0.717, 1.165) is 10.0 Å². The number of nitrogens with zero attached hydrogens (tertiary/aromatic N) is 2.